The summed E-state index contributed by atoms with van der Waals surface area (Å²) in [5.74, 6) is 0. The fourth-order valence-electron chi connectivity index (χ4n) is 2.25. The predicted octanol–water partition coefficient (Wildman–Crippen LogP) is 5.12. The number of hydrogen-bond acceptors (Lipinski definition) is 3. The molecule has 0 fully saturated rings. The Morgan fingerprint density at radius 2 is 1.62 bits per heavy atom. The molecule has 0 spiro atoms. The van der Waals surface area contributed by atoms with Gasteiger partial charge in [-0.2, -0.15) is 13.2 Å². The van der Waals surface area contributed by atoms with Crippen molar-refractivity contribution in [1.29, 1.82) is 0 Å². The molecule has 0 aliphatic carbocycles. The average molecular weight is 348 g/mol. The van der Waals surface area contributed by atoms with Crippen LogP contribution in [0, 0.1) is 0 Å². The van der Waals surface area contributed by atoms with Gasteiger partial charge in [0.15, 0.2) is 0 Å². The second kappa shape index (κ2) is 7.15. The number of aromatic nitrogens is 1. The topological polar surface area (TPSA) is 24.9 Å². The van der Waals surface area contributed by atoms with Gasteiger partial charge >= 0.3 is 6.18 Å². The minimum absolute atomic E-state index is 0.617. The zero-order valence-corrected chi connectivity index (χ0v) is 13.5. The van der Waals surface area contributed by atoms with Crippen LogP contribution in [0.4, 0.5) is 13.2 Å². The summed E-state index contributed by atoms with van der Waals surface area (Å²) in [4.78, 5) is 4.48. The van der Waals surface area contributed by atoms with Gasteiger partial charge in [-0.3, -0.25) is 0 Å². The van der Waals surface area contributed by atoms with Crippen LogP contribution in [0.2, 0.25) is 0 Å². The summed E-state index contributed by atoms with van der Waals surface area (Å²) in [6.45, 7) is 1.36. The zero-order valence-electron chi connectivity index (χ0n) is 12.7. The normalized spacial score (nSPS) is 11.6. The lowest BCUT2D eigenvalue weighted by Gasteiger charge is -2.06. The van der Waals surface area contributed by atoms with Crippen LogP contribution in [0.5, 0.6) is 0 Å². The van der Waals surface area contributed by atoms with Crippen LogP contribution in [-0.4, -0.2) is 4.98 Å². The van der Waals surface area contributed by atoms with E-state index in [1.165, 1.54) is 29.0 Å². The van der Waals surface area contributed by atoms with Gasteiger partial charge < -0.3 is 5.32 Å². The highest BCUT2D eigenvalue weighted by molar-refractivity contribution is 7.13. The minimum Gasteiger partial charge on any atom is -0.307 e. The molecule has 1 N–H and O–H groups in total. The molecule has 0 unspecified atom stereocenters. The molecule has 2 aromatic carbocycles. The number of nitrogens with one attached hydrogen (secondary N) is 1. The molecule has 3 aromatic rings. The van der Waals surface area contributed by atoms with Gasteiger partial charge in [0.25, 0.3) is 0 Å². The van der Waals surface area contributed by atoms with Crippen LogP contribution in [0.25, 0.3) is 10.6 Å². The van der Waals surface area contributed by atoms with Gasteiger partial charge in [-0.25, -0.2) is 4.98 Å². The first-order valence-electron chi connectivity index (χ1n) is 7.39. The third-order valence-corrected chi connectivity index (χ3v) is 4.43. The molecule has 0 amide bonds. The molecule has 0 atom stereocenters. The van der Waals surface area contributed by atoms with Gasteiger partial charge in [-0.1, -0.05) is 42.5 Å². The highest BCUT2D eigenvalue weighted by Crippen LogP contribution is 2.31. The monoisotopic (exact) mass is 348 g/mol. The Balaban J connectivity index is 1.61. The Morgan fingerprint density at radius 1 is 0.917 bits per heavy atom. The highest BCUT2D eigenvalue weighted by Gasteiger charge is 2.30. The fourth-order valence-corrected chi connectivity index (χ4v) is 3.08. The number of benzene rings is 2. The molecule has 24 heavy (non-hydrogen) atoms. The molecule has 0 radical (unpaired) electrons. The third-order valence-electron chi connectivity index (χ3n) is 3.49. The van der Waals surface area contributed by atoms with Crippen LogP contribution < -0.4 is 5.32 Å². The van der Waals surface area contributed by atoms with Crippen molar-refractivity contribution in [2.45, 2.75) is 19.3 Å². The maximum absolute atomic E-state index is 12.6. The molecule has 124 valence electrons. The summed E-state index contributed by atoms with van der Waals surface area (Å²) in [5, 5.41) is 5.95. The van der Waals surface area contributed by atoms with Crippen molar-refractivity contribution in [1.82, 2.24) is 10.3 Å². The Kier molecular flexibility index (Phi) is 4.97. The van der Waals surface area contributed by atoms with Gasteiger partial charge in [0.2, 0.25) is 0 Å². The van der Waals surface area contributed by atoms with Gasteiger partial charge in [0.05, 0.1) is 11.3 Å². The van der Waals surface area contributed by atoms with Gasteiger partial charge in [-0.15, -0.1) is 11.3 Å². The highest BCUT2D eigenvalue weighted by atomic mass is 32.1. The molecule has 3 rings (SSSR count). The van der Waals surface area contributed by atoms with Crippen molar-refractivity contribution in [2.75, 3.05) is 0 Å². The van der Waals surface area contributed by atoms with E-state index in [9.17, 15) is 13.2 Å². The SMILES string of the molecule is FC(F)(F)c1ccc(-c2nc(CNCc3ccccc3)cs2)cc1. The summed E-state index contributed by atoms with van der Waals surface area (Å²) < 4.78 is 37.8. The van der Waals surface area contributed by atoms with Crippen LogP contribution >= 0.6 is 11.3 Å². The Bertz CT molecular complexity index is 780. The van der Waals surface area contributed by atoms with Crippen LogP contribution in [0.1, 0.15) is 16.8 Å². The molecule has 0 aliphatic heterocycles. The molecular formula is C18H15F3N2S. The Hall–Kier alpha value is -2.18. The quantitative estimate of drug-likeness (QED) is 0.692. The molecule has 1 aromatic heterocycles. The van der Waals surface area contributed by atoms with E-state index in [-0.39, 0.29) is 0 Å². The number of rotatable bonds is 5. The summed E-state index contributed by atoms with van der Waals surface area (Å²) in [6, 6.07) is 15.1. The van der Waals surface area contributed by atoms with E-state index >= 15 is 0 Å². The molecular weight excluding hydrogens is 333 g/mol. The molecule has 0 aliphatic rings. The lowest BCUT2D eigenvalue weighted by atomic mass is 10.1. The van der Waals surface area contributed by atoms with Crippen molar-refractivity contribution < 1.29 is 13.2 Å². The molecule has 1 heterocycles. The molecule has 0 saturated carbocycles. The number of nitrogens with zero attached hydrogens (tertiary/aromatic N) is 1. The van der Waals surface area contributed by atoms with E-state index in [1.807, 2.05) is 35.7 Å². The smallest absolute Gasteiger partial charge is 0.307 e. The number of alkyl halides is 3. The average Bonchev–Trinajstić information content (AvgIpc) is 3.04. The molecule has 0 bridgehead atoms. The van der Waals surface area contributed by atoms with Gasteiger partial charge in [-0.05, 0) is 17.7 Å². The zero-order chi connectivity index (χ0) is 17.0. The van der Waals surface area contributed by atoms with Crippen molar-refractivity contribution in [3.63, 3.8) is 0 Å². The first-order chi connectivity index (χ1) is 11.5. The summed E-state index contributed by atoms with van der Waals surface area (Å²) in [5.41, 5.74) is 2.12. The Labute approximate surface area is 142 Å². The number of halogens is 3. The van der Waals surface area contributed by atoms with Crippen molar-refractivity contribution >= 4 is 11.3 Å². The first kappa shape index (κ1) is 16.7. The van der Waals surface area contributed by atoms with E-state index in [4.69, 9.17) is 0 Å². The maximum atomic E-state index is 12.6. The largest absolute Gasteiger partial charge is 0.416 e. The van der Waals surface area contributed by atoms with E-state index in [1.54, 1.807) is 0 Å². The van der Waals surface area contributed by atoms with E-state index in [0.717, 1.165) is 29.4 Å². The van der Waals surface area contributed by atoms with Crippen LogP contribution in [-0.2, 0) is 19.3 Å². The van der Waals surface area contributed by atoms with E-state index in [2.05, 4.69) is 10.3 Å². The Morgan fingerprint density at radius 3 is 2.29 bits per heavy atom. The van der Waals surface area contributed by atoms with Crippen molar-refractivity contribution in [3.05, 3.63) is 76.8 Å². The fraction of sp³-hybridized carbons (Fsp3) is 0.167. The summed E-state index contributed by atoms with van der Waals surface area (Å²) in [7, 11) is 0. The summed E-state index contributed by atoms with van der Waals surface area (Å²) in [6.07, 6.45) is -4.31. The van der Waals surface area contributed by atoms with Crippen LogP contribution in [0.3, 0.4) is 0 Å². The molecule has 2 nitrogen and oxygen atoms in total. The van der Waals surface area contributed by atoms with E-state index in [0.29, 0.717) is 12.1 Å². The number of thiazole rings is 1. The van der Waals surface area contributed by atoms with Crippen molar-refractivity contribution in [3.8, 4) is 10.6 Å². The van der Waals surface area contributed by atoms with Gasteiger partial charge in [0.1, 0.15) is 5.01 Å². The first-order valence-corrected chi connectivity index (χ1v) is 8.27. The van der Waals surface area contributed by atoms with Crippen molar-refractivity contribution in [2.24, 2.45) is 0 Å². The lowest BCUT2D eigenvalue weighted by Crippen LogP contribution is -2.12. The predicted molar refractivity (Wildman–Crippen MR) is 89.5 cm³/mol. The standard InChI is InChI=1S/C18H15F3N2S/c19-18(20,21)15-8-6-14(7-9-15)17-23-16(12-24-17)11-22-10-13-4-2-1-3-5-13/h1-9,12,22H,10-11H2. The second-order valence-corrected chi connectivity index (χ2v) is 6.17. The van der Waals surface area contributed by atoms with Crippen LogP contribution in [0.15, 0.2) is 60.0 Å². The van der Waals surface area contributed by atoms with Gasteiger partial charge in [0, 0.05) is 24.0 Å². The number of hydrogen-bond donors (Lipinski definition) is 1. The summed E-state index contributed by atoms with van der Waals surface area (Å²) >= 11 is 1.43. The lowest BCUT2D eigenvalue weighted by molar-refractivity contribution is -0.137. The molecule has 6 heteroatoms. The maximum Gasteiger partial charge on any atom is 0.416 e. The van der Waals surface area contributed by atoms with E-state index < -0.39 is 11.7 Å². The molecule has 0 saturated heterocycles. The minimum atomic E-state index is -4.31. The second-order valence-electron chi connectivity index (χ2n) is 5.31. The third kappa shape index (κ3) is 4.21.